The van der Waals surface area contributed by atoms with Gasteiger partial charge in [0.15, 0.2) is 11.6 Å². The molecule has 12 heteroatoms. The molecule has 0 amide bonds. The molecule has 0 atom stereocenters. The third-order valence-electron chi connectivity index (χ3n) is 4.21. The zero-order chi connectivity index (χ0) is 22.7. The number of halogens is 1. The Hall–Kier alpha value is -3.70. The molecule has 2 heterocycles. The van der Waals surface area contributed by atoms with Crippen molar-refractivity contribution in [2.45, 2.75) is 6.92 Å². The van der Waals surface area contributed by atoms with Crippen LogP contribution in [0.25, 0.3) is 11.4 Å². The van der Waals surface area contributed by atoms with Gasteiger partial charge in [0.25, 0.3) is 0 Å². The SMILES string of the molecule is Cc1n[nH]c(-c2cccc(Nc3ncc(Cl)c(Nc4ccccc4NS(C)(=O)=O)n3)c2)n1. The summed E-state index contributed by atoms with van der Waals surface area (Å²) in [5, 5.41) is 13.4. The van der Waals surface area contributed by atoms with Gasteiger partial charge in [0.05, 0.1) is 23.8 Å². The van der Waals surface area contributed by atoms with E-state index in [0.717, 1.165) is 17.5 Å². The smallest absolute Gasteiger partial charge is 0.229 e. The summed E-state index contributed by atoms with van der Waals surface area (Å²) in [6, 6.07) is 14.4. The molecule has 0 spiro atoms. The number of aryl methyl sites for hydroxylation is 1. The van der Waals surface area contributed by atoms with E-state index in [1.165, 1.54) is 6.20 Å². The minimum Gasteiger partial charge on any atom is -0.337 e. The first-order valence-electron chi connectivity index (χ1n) is 9.40. The minimum absolute atomic E-state index is 0.274. The van der Waals surface area contributed by atoms with Gasteiger partial charge in [0, 0.05) is 11.3 Å². The number of benzene rings is 2. The molecule has 0 fully saturated rings. The average molecular weight is 471 g/mol. The van der Waals surface area contributed by atoms with Crippen LogP contribution >= 0.6 is 11.6 Å². The Morgan fingerprint density at radius 2 is 1.78 bits per heavy atom. The second-order valence-corrected chi connectivity index (χ2v) is 9.03. The number of nitrogens with one attached hydrogen (secondary N) is 4. The van der Waals surface area contributed by atoms with Crippen molar-refractivity contribution in [1.82, 2.24) is 25.1 Å². The Kier molecular flexibility index (Phi) is 5.93. The summed E-state index contributed by atoms with van der Waals surface area (Å²) in [5.41, 5.74) is 2.45. The molecule has 4 rings (SSSR count). The molecule has 32 heavy (non-hydrogen) atoms. The molecule has 0 unspecified atom stereocenters. The first-order valence-corrected chi connectivity index (χ1v) is 11.7. The predicted octanol–water partition coefficient (Wildman–Crippen LogP) is 4.08. The second kappa shape index (κ2) is 8.81. The van der Waals surface area contributed by atoms with Crippen molar-refractivity contribution in [3.8, 4) is 11.4 Å². The normalized spacial score (nSPS) is 11.2. The van der Waals surface area contributed by atoms with Crippen molar-refractivity contribution in [2.75, 3.05) is 21.6 Å². The van der Waals surface area contributed by atoms with Crippen molar-refractivity contribution in [3.05, 3.63) is 65.6 Å². The number of para-hydroxylation sites is 2. The summed E-state index contributed by atoms with van der Waals surface area (Å²) in [7, 11) is -3.46. The fraction of sp³-hybridized carbons (Fsp3) is 0.100. The summed E-state index contributed by atoms with van der Waals surface area (Å²) in [6.07, 6.45) is 2.53. The van der Waals surface area contributed by atoms with Crippen LogP contribution in [0.15, 0.2) is 54.7 Å². The molecule has 0 aliphatic carbocycles. The Morgan fingerprint density at radius 1 is 1.00 bits per heavy atom. The monoisotopic (exact) mass is 470 g/mol. The molecule has 2 aromatic carbocycles. The number of sulfonamides is 1. The van der Waals surface area contributed by atoms with Crippen molar-refractivity contribution in [2.24, 2.45) is 0 Å². The van der Waals surface area contributed by atoms with Crippen LogP contribution < -0.4 is 15.4 Å². The number of aromatic nitrogens is 5. The van der Waals surface area contributed by atoms with Gasteiger partial charge in [-0.15, -0.1) is 0 Å². The highest BCUT2D eigenvalue weighted by Crippen LogP contribution is 2.30. The van der Waals surface area contributed by atoms with Crippen LogP contribution in [-0.4, -0.2) is 39.8 Å². The van der Waals surface area contributed by atoms with Gasteiger partial charge in [-0.2, -0.15) is 10.1 Å². The Bertz CT molecular complexity index is 1370. The van der Waals surface area contributed by atoms with Crippen molar-refractivity contribution in [3.63, 3.8) is 0 Å². The molecule has 0 aliphatic heterocycles. The molecule has 0 saturated carbocycles. The maximum absolute atomic E-state index is 11.6. The van der Waals surface area contributed by atoms with E-state index in [-0.39, 0.29) is 5.02 Å². The maximum Gasteiger partial charge on any atom is 0.229 e. The highest BCUT2D eigenvalue weighted by Gasteiger charge is 2.12. The molecule has 0 saturated heterocycles. The van der Waals surface area contributed by atoms with Crippen LogP contribution in [-0.2, 0) is 10.0 Å². The van der Waals surface area contributed by atoms with Gasteiger partial charge in [0.1, 0.15) is 10.8 Å². The second-order valence-electron chi connectivity index (χ2n) is 6.87. The number of anilines is 5. The average Bonchev–Trinajstić information content (AvgIpc) is 3.17. The lowest BCUT2D eigenvalue weighted by Crippen LogP contribution is -2.11. The van der Waals surface area contributed by atoms with Crippen LogP contribution in [0.1, 0.15) is 5.82 Å². The molecular weight excluding hydrogens is 452 g/mol. The predicted molar refractivity (Wildman–Crippen MR) is 125 cm³/mol. The number of aromatic amines is 1. The van der Waals surface area contributed by atoms with Crippen molar-refractivity contribution < 1.29 is 8.42 Å². The van der Waals surface area contributed by atoms with Crippen LogP contribution in [0, 0.1) is 6.92 Å². The molecule has 0 radical (unpaired) electrons. The number of H-pyrrole nitrogens is 1. The Morgan fingerprint density at radius 3 is 2.50 bits per heavy atom. The number of nitrogens with zero attached hydrogens (tertiary/aromatic N) is 4. The molecule has 2 aromatic heterocycles. The summed E-state index contributed by atoms with van der Waals surface area (Å²) in [4.78, 5) is 13.0. The Balaban J connectivity index is 1.58. The van der Waals surface area contributed by atoms with Gasteiger partial charge >= 0.3 is 0 Å². The van der Waals surface area contributed by atoms with Crippen molar-refractivity contribution in [1.29, 1.82) is 0 Å². The van der Waals surface area contributed by atoms with E-state index in [4.69, 9.17) is 11.6 Å². The fourth-order valence-corrected chi connectivity index (χ4v) is 3.59. The van der Waals surface area contributed by atoms with Crippen LogP contribution in [0.2, 0.25) is 5.02 Å². The summed E-state index contributed by atoms with van der Waals surface area (Å²) < 4.78 is 25.8. The molecular formula is C20H19ClN8O2S. The first kappa shape index (κ1) is 21.5. The van der Waals surface area contributed by atoms with E-state index in [0.29, 0.717) is 34.8 Å². The van der Waals surface area contributed by atoms with E-state index in [2.05, 4.69) is 40.5 Å². The Labute approximate surface area is 189 Å². The third-order valence-corrected chi connectivity index (χ3v) is 5.08. The standard InChI is InChI=1S/C20H19ClN8O2S/c1-12-23-18(28-27-12)13-6-5-7-14(10-13)24-20-22-11-15(21)19(26-20)25-16-8-3-4-9-17(16)29-32(2,30)31/h3-11,29H,1-2H3,(H,23,27,28)(H2,22,24,25,26). The van der Waals surface area contributed by atoms with Gasteiger partial charge in [-0.3, -0.25) is 9.82 Å². The van der Waals surface area contributed by atoms with Crippen LogP contribution in [0.3, 0.4) is 0 Å². The molecule has 0 aliphatic rings. The van der Waals surface area contributed by atoms with Gasteiger partial charge in [-0.1, -0.05) is 35.9 Å². The van der Waals surface area contributed by atoms with E-state index >= 15 is 0 Å². The summed E-state index contributed by atoms with van der Waals surface area (Å²) >= 11 is 6.27. The number of hydrogen-bond donors (Lipinski definition) is 4. The highest BCUT2D eigenvalue weighted by atomic mass is 35.5. The lowest BCUT2D eigenvalue weighted by atomic mass is 10.2. The lowest BCUT2D eigenvalue weighted by Gasteiger charge is -2.14. The van der Waals surface area contributed by atoms with E-state index < -0.39 is 10.0 Å². The number of rotatable bonds is 7. The quantitative estimate of drug-likeness (QED) is 0.317. The first-order chi connectivity index (χ1) is 15.3. The van der Waals surface area contributed by atoms with Gasteiger partial charge in [-0.25, -0.2) is 18.4 Å². The van der Waals surface area contributed by atoms with E-state index in [1.807, 2.05) is 31.2 Å². The molecule has 4 N–H and O–H groups in total. The molecule has 10 nitrogen and oxygen atoms in total. The zero-order valence-electron chi connectivity index (χ0n) is 17.1. The van der Waals surface area contributed by atoms with Gasteiger partial charge in [-0.05, 0) is 31.2 Å². The molecule has 0 bridgehead atoms. The van der Waals surface area contributed by atoms with Gasteiger partial charge < -0.3 is 10.6 Å². The van der Waals surface area contributed by atoms with E-state index in [1.54, 1.807) is 24.3 Å². The zero-order valence-corrected chi connectivity index (χ0v) is 18.7. The van der Waals surface area contributed by atoms with Crippen LogP contribution in [0.4, 0.5) is 28.8 Å². The van der Waals surface area contributed by atoms with E-state index in [9.17, 15) is 8.42 Å². The molecule has 164 valence electrons. The highest BCUT2D eigenvalue weighted by molar-refractivity contribution is 7.92. The van der Waals surface area contributed by atoms with Crippen LogP contribution in [0.5, 0.6) is 0 Å². The topological polar surface area (TPSA) is 138 Å². The maximum atomic E-state index is 11.6. The molecule has 4 aromatic rings. The number of hydrogen-bond acceptors (Lipinski definition) is 8. The largest absolute Gasteiger partial charge is 0.337 e. The summed E-state index contributed by atoms with van der Waals surface area (Å²) in [5.74, 6) is 1.92. The third kappa shape index (κ3) is 5.31. The fourth-order valence-electron chi connectivity index (χ4n) is 2.87. The lowest BCUT2D eigenvalue weighted by molar-refractivity contribution is 0.607. The summed E-state index contributed by atoms with van der Waals surface area (Å²) in [6.45, 7) is 1.81. The minimum atomic E-state index is -3.46. The van der Waals surface area contributed by atoms with Crippen molar-refractivity contribution >= 4 is 50.5 Å². The van der Waals surface area contributed by atoms with Gasteiger partial charge in [0.2, 0.25) is 16.0 Å².